The second-order valence-corrected chi connectivity index (χ2v) is 4.93. The Balaban J connectivity index is 2.45. The predicted octanol–water partition coefficient (Wildman–Crippen LogP) is -0.251. The third-order valence-electron chi connectivity index (χ3n) is 3.10. The van der Waals surface area contributed by atoms with Crippen molar-refractivity contribution in [3.8, 4) is 6.07 Å². The van der Waals surface area contributed by atoms with E-state index >= 15 is 0 Å². The number of carbonyl (C=O) groups is 1. The van der Waals surface area contributed by atoms with Gasteiger partial charge in [0.2, 0.25) is 0 Å². The van der Waals surface area contributed by atoms with E-state index in [1.807, 2.05) is 11.0 Å². The summed E-state index contributed by atoms with van der Waals surface area (Å²) in [6, 6.07) is 1.93. The van der Waals surface area contributed by atoms with Crippen LogP contribution in [0.2, 0.25) is 0 Å². The first-order valence-corrected chi connectivity index (χ1v) is 7.28. The lowest BCUT2D eigenvalue weighted by Gasteiger charge is -2.33. The molecule has 0 aromatic heterocycles. The van der Waals surface area contributed by atoms with Crippen LogP contribution in [0, 0.1) is 11.3 Å². The normalized spacial score (nSPS) is 16.9. The highest BCUT2D eigenvalue weighted by Gasteiger charge is 2.16. The predicted molar refractivity (Wildman–Crippen MR) is 77.1 cm³/mol. The van der Waals surface area contributed by atoms with Crippen LogP contribution in [0.5, 0.6) is 0 Å². The molecule has 0 radical (unpaired) electrons. The molecule has 112 valence electrons. The summed E-state index contributed by atoms with van der Waals surface area (Å²) in [5.41, 5.74) is 0.121. The van der Waals surface area contributed by atoms with Gasteiger partial charge in [0.05, 0.1) is 6.61 Å². The van der Waals surface area contributed by atoms with Crippen LogP contribution in [0.25, 0.3) is 0 Å². The Morgan fingerprint density at radius 1 is 1.40 bits per heavy atom. The van der Waals surface area contributed by atoms with Crippen molar-refractivity contribution in [2.24, 2.45) is 0 Å². The average molecular weight is 301 g/mol. The lowest BCUT2D eigenvalue weighted by atomic mass is 10.2. The summed E-state index contributed by atoms with van der Waals surface area (Å²) >= 11 is 5.53. The van der Waals surface area contributed by atoms with Gasteiger partial charge < -0.3 is 15.3 Å². The monoisotopic (exact) mass is 300 g/mol. The zero-order chi connectivity index (χ0) is 14.8. The highest BCUT2D eigenvalue weighted by molar-refractivity contribution is 6.17. The molecule has 1 fully saturated rings. The van der Waals surface area contributed by atoms with E-state index in [9.17, 15) is 4.79 Å². The number of alkyl halides is 1. The molecule has 1 amide bonds. The number of amides is 1. The number of carbonyl (C=O) groups excluding carboxylic acids is 1. The Morgan fingerprint density at radius 3 is 2.65 bits per heavy atom. The second kappa shape index (κ2) is 9.59. The van der Waals surface area contributed by atoms with Crippen LogP contribution in [0.15, 0.2) is 11.8 Å². The first-order chi connectivity index (χ1) is 9.71. The summed E-state index contributed by atoms with van der Waals surface area (Å²) in [5, 5.41) is 20.6. The van der Waals surface area contributed by atoms with E-state index in [-0.39, 0.29) is 18.1 Å². The molecule has 1 aliphatic rings. The summed E-state index contributed by atoms with van der Waals surface area (Å²) < 4.78 is 0. The molecule has 0 aromatic carbocycles. The number of aliphatic hydroxyl groups is 1. The van der Waals surface area contributed by atoms with Crippen LogP contribution in [-0.4, -0.2) is 72.6 Å². The molecule has 7 heteroatoms. The molecule has 0 aromatic rings. The standard InChI is InChI=1S/C13H21ClN4O2/c14-2-1-3-16-13(20)12(10-15)11-18-6-4-17(5-7-18)8-9-19/h11,19H,1-9H2,(H,16,20)/b12-11-. The van der Waals surface area contributed by atoms with Gasteiger partial charge in [-0.25, -0.2) is 0 Å². The molecule has 0 aliphatic carbocycles. The number of halogens is 1. The van der Waals surface area contributed by atoms with Gasteiger partial charge in [-0.1, -0.05) is 0 Å². The largest absolute Gasteiger partial charge is 0.395 e. The quantitative estimate of drug-likeness (QED) is 0.293. The summed E-state index contributed by atoms with van der Waals surface area (Å²) in [6.07, 6.45) is 2.30. The molecule has 0 saturated carbocycles. The van der Waals surface area contributed by atoms with Crippen molar-refractivity contribution in [1.29, 1.82) is 5.26 Å². The van der Waals surface area contributed by atoms with Crippen molar-refractivity contribution in [2.45, 2.75) is 6.42 Å². The zero-order valence-corrected chi connectivity index (χ0v) is 12.3. The minimum absolute atomic E-state index is 0.121. The number of nitrogens with one attached hydrogen (secondary N) is 1. The molecule has 1 aliphatic heterocycles. The van der Waals surface area contributed by atoms with Gasteiger partial charge in [-0.15, -0.1) is 11.6 Å². The number of aliphatic hydroxyl groups excluding tert-OH is 1. The Kier molecular flexibility index (Phi) is 8.04. The fourth-order valence-corrected chi connectivity index (χ4v) is 2.08. The molecular formula is C13H21ClN4O2. The van der Waals surface area contributed by atoms with Gasteiger partial charge in [0.25, 0.3) is 5.91 Å². The van der Waals surface area contributed by atoms with Crippen LogP contribution in [0.4, 0.5) is 0 Å². The molecule has 0 unspecified atom stereocenters. The first-order valence-electron chi connectivity index (χ1n) is 6.74. The van der Waals surface area contributed by atoms with Crippen molar-refractivity contribution in [3.05, 3.63) is 11.8 Å². The smallest absolute Gasteiger partial charge is 0.263 e. The van der Waals surface area contributed by atoms with E-state index in [0.29, 0.717) is 25.4 Å². The lowest BCUT2D eigenvalue weighted by molar-refractivity contribution is -0.117. The molecular weight excluding hydrogens is 280 g/mol. The maximum atomic E-state index is 11.8. The summed E-state index contributed by atoms with van der Waals surface area (Å²) in [4.78, 5) is 15.9. The van der Waals surface area contributed by atoms with Crippen LogP contribution >= 0.6 is 11.6 Å². The molecule has 0 spiro atoms. The Bertz CT molecular complexity index is 373. The van der Waals surface area contributed by atoms with E-state index in [1.165, 1.54) is 0 Å². The molecule has 0 bridgehead atoms. The van der Waals surface area contributed by atoms with Crippen LogP contribution < -0.4 is 5.32 Å². The van der Waals surface area contributed by atoms with Crippen LogP contribution in [-0.2, 0) is 4.79 Å². The number of nitrogens with zero attached hydrogens (tertiary/aromatic N) is 3. The number of rotatable bonds is 7. The minimum Gasteiger partial charge on any atom is -0.395 e. The number of nitriles is 1. The lowest BCUT2D eigenvalue weighted by Crippen LogP contribution is -2.45. The van der Waals surface area contributed by atoms with Gasteiger partial charge in [0.1, 0.15) is 11.6 Å². The van der Waals surface area contributed by atoms with Gasteiger partial charge >= 0.3 is 0 Å². The Morgan fingerprint density at radius 2 is 2.10 bits per heavy atom. The molecule has 2 N–H and O–H groups in total. The third-order valence-corrected chi connectivity index (χ3v) is 3.36. The highest BCUT2D eigenvalue weighted by atomic mass is 35.5. The average Bonchev–Trinajstić information content (AvgIpc) is 2.47. The number of hydrogen-bond donors (Lipinski definition) is 2. The molecule has 6 nitrogen and oxygen atoms in total. The van der Waals surface area contributed by atoms with Gasteiger partial charge in [-0.2, -0.15) is 5.26 Å². The molecule has 1 saturated heterocycles. The number of hydrogen-bond acceptors (Lipinski definition) is 5. The second-order valence-electron chi connectivity index (χ2n) is 4.55. The Labute approximate surface area is 124 Å². The van der Waals surface area contributed by atoms with Gasteiger partial charge in [-0.3, -0.25) is 9.69 Å². The van der Waals surface area contributed by atoms with Crippen LogP contribution in [0.3, 0.4) is 0 Å². The van der Waals surface area contributed by atoms with E-state index in [0.717, 1.165) is 26.2 Å². The molecule has 1 heterocycles. The summed E-state index contributed by atoms with van der Waals surface area (Å²) in [7, 11) is 0. The van der Waals surface area contributed by atoms with E-state index in [4.69, 9.17) is 22.0 Å². The first kappa shape index (κ1) is 16.8. The van der Waals surface area contributed by atoms with Crippen molar-refractivity contribution < 1.29 is 9.90 Å². The minimum atomic E-state index is -0.351. The van der Waals surface area contributed by atoms with Crippen molar-refractivity contribution >= 4 is 17.5 Å². The van der Waals surface area contributed by atoms with Gasteiger partial charge in [-0.05, 0) is 6.42 Å². The van der Waals surface area contributed by atoms with E-state index in [2.05, 4.69) is 10.2 Å². The SMILES string of the molecule is N#C/C(=C/N1CCN(CCO)CC1)C(=O)NCCCCl. The summed E-state index contributed by atoms with van der Waals surface area (Å²) in [6.45, 7) is 4.45. The fraction of sp³-hybridized carbons (Fsp3) is 0.692. The topological polar surface area (TPSA) is 79.6 Å². The Hall–Kier alpha value is -1.29. The van der Waals surface area contributed by atoms with Gasteiger partial charge in [0, 0.05) is 51.3 Å². The van der Waals surface area contributed by atoms with Crippen molar-refractivity contribution in [3.63, 3.8) is 0 Å². The highest BCUT2D eigenvalue weighted by Crippen LogP contribution is 2.04. The van der Waals surface area contributed by atoms with E-state index < -0.39 is 0 Å². The molecule has 1 rings (SSSR count). The van der Waals surface area contributed by atoms with Crippen molar-refractivity contribution in [2.75, 3.05) is 51.8 Å². The molecule has 20 heavy (non-hydrogen) atoms. The van der Waals surface area contributed by atoms with Crippen LogP contribution in [0.1, 0.15) is 6.42 Å². The van der Waals surface area contributed by atoms with E-state index in [1.54, 1.807) is 6.20 Å². The number of piperazine rings is 1. The number of β-amino-alcohol motifs (C(OH)–C–C–N with tert-alkyl or cyclic N) is 1. The maximum absolute atomic E-state index is 11.8. The fourth-order valence-electron chi connectivity index (χ4n) is 1.94. The maximum Gasteiger partial charge on any atom is 0.263 e. The third kappa shape index (κ3) is 5.78. The van der Waals surface area contributed by atoms with Gasteiger partial charge in [0.15, 0.2) is 0 Å². The van der Waals surface area contributed by atoms with Crippen molar-refractivity contribution in [1.82, 2.24) is 15.1 Å². The molecule has 0 atom stereocenters. The summed E-state index contributed by atoms with van der Waals surface area (Å²) in [5.74, 6) is 0.133. The zero-order valence-electron chi connectivity index (χ0n) is 11.5.